The number of hydrogen-bond acceptors (Lipinski definition) is 4. The molecule has 5 nitrogen and oxygen atoms in total. The molecule has 3 aliphatic rings. The molecule has 1 aromatic rings. The van der Waals surface area contributed by atoms with Gasteiger partial charge < -0.3 is 15.3 Å². The number of fused-ring (bicyclic) bond motifs is 1. The molecule has 1 amide bonds. The van der Waals surface area contributed by atoms with E-state index in [-0.39, 0.29) is 23.6 Å². The van der Waals surface area contributed by atoms with Crippen LogP contribution >= 0.6 is 23.2 Å². The molecule has 0 saturated carbocycles. The molecule has 130 valence electrons. The van der Waals surface area contributed by atoms with Crippen molar-refractivity contribution in [3.8, 4) is 5.75 Å². The van der Waals surface area contributed by atoms with Gasteiger partial charge in [-0.2, -0.15) is 0 Å². The average molecular weight is 370 g/mol. The van der Waals surface area contributed by atoms with Crippen molar-refractivity contribution in [2.45, 2.75) is 30.8 Å². The summed E-state index contributed by atoms with van der Waals surface area (Å²) in [6.45, 7) is 3.98. The Balaban J connectivity index is 1.55. The number of phenols is 1. The van der Waals surface area contributed by atoms with Gasteiger partial charge in [0.05, 0.1) is 16.6 Å². The molecule has 0 unspecified atom stereocenters. The van der Waals surface area contributed by atoms with Gasteiger partial charge in [0.15, 0.2) is 0 Å². The summed E-state index contributed by atoms with van der Waals surface area (Å²) in [7, 11) is 0. The third-order valence-corrected chi connectivity index (χ3v) is 6.41. The lowest BCUT2D eigenvalue weighted by molar-refractivity contribution is -0.138. The summed E-state index contributed by atoms with van der Waals surface area (Å²) >= 11 is 12.4. The number of halogens is 2. The van der Waals surface area contributed by atoms with Crippen LogP contribution in [0.1, 0.15) is 24.3 Å². The van der Waals surface area contributed by atoms with Crippen LogP contribution in [-0.2, 0) is 4.79 Å². The van der Waals surface area contributed by atoms with E-state index in [4.69, 9.17) is 23.2 Å². The van der Waals surface area contributed by atoms with Crippen molar-refractivity contribution in [2.75, 3.05) is 32.7 Å². The summed E-state index contributed by atoms with van der Waals surface area (Å²) in [6, 6.07) is 3.83. The minimum absolute atomic E-state index is 0.0341. The monoisotopic (exact) mass is 369 g/mol. The zero-order valence-corrected chi connectivity index (χ0v) is 14.9. The van der Waals surface area contributed by atoms with E-state index < -0.39 is 0 Å². The van der Waals surface area contributed by atoms with Gasteiger partial charge in [-0.25, -0.2) is 0 Å². The van der Waals surface area contributed by atoms with E-state index in [1.54, 1.807) is 12.1 Å². The van der Waals surface area contributed by atoms with E-state index in [2.05, 4.69) is 10.2 Å². The topological polar surface area (TPSA) is 55.8 Å². The highest BCUT2D eigenvalue weighted by Gasteiger charge is 2.43. The van der Waals surface area contributed by atoms with E-state index in [1.165, 1.54) is 0 Å². The third-order valence-electron chi connectivity index (χ3n) is 5.59. The molecule has 3 heterocycles. The summed E-state index contributed by atoms with van der Waals surface area (Å²) in [5, 5.41) is 14.5. The lowest BCUT2D eigenvalue weighted by Gasteiger charge is -2.39. The van der Waals surface area contributed by atoms with Crippen molar-refractivity contribution < 1.29 is 9.90 Å². The maximum absolute atomic E-state index is 12.6. The van der Waals surface area contributed by atoms with Crippen molar-refractivity contribution in [3.63, 3.8) is 0 Å². The molecule has 0 spiro atoms. The molecular formula is C17H21Cl2N3O2. The van der Waals surface area contributed by atoms with Crippen LogP contribution in [0.25, 0.3) is 0 Å². The second-order valence-electron chi connectivity index (χ2n) is 7.00. The van der Waals surface area contributed by atoms with Crippen LogP contribution in [0.2, 0.25) is 10.0 Å². The smallest absolute Gasteiger partial charge is 0.237 e. The van der Waals surface area contributed by atoms with Crippen LogP contribution in [0.5, 0.6) is 5.75 Å². The maximum atomic E-state index is 12.6. The van der Waals surface area contributed by atoms with Crippen molar-refractivity contribution in [2.24, 2.45) is 0 Å². The Morgan fingerprint density at radius 3 is 2.79 bits per heavy atom. The molecule has 3 atom stereocenters. The minimum Gasteiger partial charge on any atom is -0.508 e. The van der Waals surface area contributed by atoms with Gasteiger partial charge in [0.2, 0.25) is 5.91 Å². The number of amides is 1. The second kappa shape index (κ2) is 6.37. The molecule has 0 radical (unpaired) electrons. The fourth-order valence-corrected chi connectivity index (χ4v) is 4.86. The molecule has 2 N–H and O–H groups in total. The summed E-state index contributed by atoms with van der Waals surface area (Å²) < 4.78 is 0. The fraction of sp³-hybridized carbons (Fsp3) is 0.588. The van der Waals surface area contributed by atoms with E-state index in [0.717, 1.165) is 32.5 Å². The van der Waals surface area contributed by atoms with Crippen LogP contribution in [0, 0.1) is 0 Å². The fourth-order valence-electron chi connectivity index (χ4n) is 4.38. The molecule has 1 aromatic carbocycles. The molecule has 0 aromatic heterocycles. The molecule has 4 rings (SSSR count). The Morgan fingerprint density at radius 1 is 1.21 bits per heavy atom. The summed E-state index contributed by atoms with van der Waals surface area (Å²) in [6.07, 6.45) is 1.92. The normalized spacial score (nSPS) is 30.8. The first-order valence-electron chi connectivity index (χ1n) is 8.45. The number of carbonyl (C=O) groups excluding carboxylic acids is 1. The number of nitrogens with one attached hydrogen (secondary N) is 1. The highest BCUT2D eigenvalue weighted by molar-refractivity contribution is 6.42. The molecule has 3 aliphatic heterocycles. The quantitative estimate of drug-likeness (QED) is 0.837. The Bertz CT molecular complexity index is 663. The van der Waals surface area contributed by atoms with Crippen molar-refractivity contribution >= 4 is 29.1 Å². The van der Waals surface area contributed by atoms with Gasteiger partial charge in [0, 0.05) is 43.2 Å². The highest BCUT2D eigenvalue weighted by atomic mass is 35.5. The van der Waals surface area contributed by atoms with Crippen LogP contribution in [0.4, 0.5) is 0 Å². The highest BCUT2D eigenvalue weighted by Crippen LogP contribution is 2.43. The Labute approximate surface area is 151 Å². The second-order valence-corrected chi connectivity index (χ2v) is 7.79. The van der Waals surface area contributed by atoms with Crippen molar-refractivity contribution in [1.29, 1.82) is 0 Å². The van der Waals surface area contributed by atoms with Crippen molar-refractivity contribution in [3.05, 3.63) is 27.7 Å². The van der Waals surface area contributed by atoms with Gasteiger partial charge >= 0.3 is 0 Å². The number of benzene rings is 1. The first kappa shape index (κ1) is 16.5. The number of nitrogens with zero attached hydrogens (tertiary/aromatic N) is 2. The van der Waals surface area contributed by atoms with E-state index in [1.807, 2.05) is 4.90 Å². The Kier molecular flexibility index (Phi) is 4.37. The zero-order chi connectivity index (χ0) is 16.8. The predicted octanol–water partition coefficient (Wildman–Crippen LogP) is 2.06. The molecule has 0 bridgehead atoms. The molecule has 3 fully saturated rings. The number of piperazine rings is 1. The number of phenolic OH excluding ortho intramolecular Hbond substituents is 1. The van der Waals surface area contributed by atoms with Crippen LogP contribution < -0.4 is 5.32 Å². The molecule has 24 heavy (non-hydrogen) atoms. The summed E-state index contributed by atoms with van der Waals surface area (Å²) in [5.74, 6) is 0.378. The van der Waals surface area contributed by atoms with E-state index >= 15 is 0 Å². The average Bonchev–Trinajstić information content (AvgIpc) is 3.20. The van der Waals surface area contributed by atoms with E-state index in [0.29, 0.717) is 34.7 Å². The van der Waals surface area contributed by atoms with Crippen LogP contribution in [-0.4, -0.2) is 65.6 Å². The van der Waals surface area contributed by atoms with Gasteiger partial charge in [-0.1, -0.05) is 23.2 Å². The Hall–Kier alpha value is -1.01. The lowest BCUT2D eigenvalue weighted by Crippen LogP contribution is -2.56. The standard InChI is InChI=1S/C17H21Cl2N3O2/c18-13-1-2-14(23)16(17(13)19)10-5-12-8-21(11-3-4-20-6-11)9-15(24)22(12)7-10/h1-2,10-12,20,23H,3-9H2/t10-,11+,12-/m0/s1. The first-order chi connectivity index (χ1) is 11.5. The number of rotatable bonds is 2. The van der Waals surface area contributed by atoms with Gasteiger partial charge in [-0.15, -0.1) is 0 Å². The van der Waals surface area contributed by atoms with Gasteiger partial charge in [-0.3, -0.25) is 9.69 Å². The minimum atomic E-state index is 0.0341. The summed E-state index contributed by atoms with van der Waals surface area (Å²) in [5.41, 5.74) is 0.681. The maximum Gasteiger partial charge on any atom is 0.237 e. The van der Waals surface area contributed by atoms with Crippen LogP contribution in [0.15, 0.2) is 12.1 Å². The lowest BCUT2D eigenvalue weighted by atomic mass is 9.95. The third kappa shape index (κ3) is 2.77. The van der Waals surface area contributed by atoms with Gasteiger partial charge in [0.1, 0.15) is 5.75 Å². The van der Waals surface area contributed by atoms with Gasteiger partial charge in [-0.05, 0) is 31.5 Å². The largest absolute Gasteiger partial charge is 0.508 e. The SMILES string of the molecule is O=C1CN([C@@H]2CCNC2)C[C@@H]2C[C@H](c3c(O)ccc(Cl)c3Cl)CN12. The Morgan fingerprint density at radius 2 is 2.04 bits per heavy atom. The number of carbonyl (C=O) groups is 1. The first-order valence-corrected chi connectivity index (χ1v) is 9.21. The van der Waals surface area contributed by atoms with E-state index in [9.17, 15) is 9.90 Å². The van der Waals surface area contributed by atoms with Crippen molar-refractivity contribution in [1.82, 2.24) is 15.1 Å². The predicted molar refractivity (Wildman–Crippen MR) is 93.8 cm³/mol. The van der Waals surface area contributed by atoms with Crippen LogP contribution in [0.3, 0.4) is 0 Å². The zero-order valence-electron chi connectivity index (χ0n) is 13.3. The van der Waals surface area contributed by atoms with Gasteiger partial charge in [0.25, 0.3) is 0 Å². The number of hydrogen-bond donors (Lipinski definition) is 2. The number of aromatic hydroxyl groups is 1. The molecular weight excluding hydrogens is 349 g/mol. The molecule has 0 aliphatic carbocycles. The molecule has 7 heteroatoms. The summed E-state index contributed by atoms with van der Waals surface area (Å²) in [4.78, 5) is 16.9. The molecule has 3 saturated heterocycles.